The molecule has 1 saturated heterocycles. The summed E-state index contributed by atoms with van der Waals surface area (Å²) in [7, 11) is 0. The third kappa shape index (κ3) is 4.12. The SMILES string of the molecule is CC.CC1CCN(C#CN)CC1. The summed E-state index contributed by atoms with van der Waals surface area (Å²) in [5, 5.41) is 0. The summed E-state index contributed by atoms with van der Waals surface area (Å²) in [4.78, 5) is 2.10. The summed E-state index contributed by atoms with van der Waals surface area (Å²) in [5.41, 5.74) is 5.09. The van der Waals surface area contributed by atoms with Gasteiger partial charge in [-0.1, -0.05) is 20.8 Å². The van der Waals surface area contributed by atoms with Crippen LogP contribution >= 0.6 is 0 Å². The molecule has 0 unspecified atom stereocenters. The van der Waals surface area contributed by atoms with Crippen LogP contribution in [0.2, 0.25) is 0 Å². The molecule has 0 bridgehead atoms. The summed E-state index contributed by atoms with van der Waals surface area (Å²) < 4.78 is 0. The molecular weight excluding hydrogens is 148 g/mol. The van der Waals surface area contributed by atoms with Gasteiger partial charge in [0.2, 0.25) is 0 Å². The first-order valence-corrected chi connectivity index (χ1v) is 4.79. The number of rotatable bonds is 0. The molecule has 1 rings (SSSR count). The Balaban J connectivity index is 0.000000561. The Morgan fingerprint density at radius 3 is 2.17 bits per heavy atom. The van der Waals surface area contributed by atoms with E-state index in [-0.39, 0.29) is 0 Å². The summed E-state index contributed by atoms with van der Waals surface area (Å²) in [6.07, 6.45) is 2.52. The smallest absolute Gasteiger partial charge is 0.0302 e. The van der Waals surface area contributed by atoms with Crippen LogP contribution in [0.25, 0.3) is 0 Å². The van der Waals surface area contributed by atoms with Gasteiger partial charge < -0.3 is 10.6 Å². The summed E-state index contributed by atoms with van der Waals surface area (Å²) >= 11 is 0. The van der Waals surface area contributed by atoms with Crippen molar-refractivity contribution in [2.75, 3.05) is 13.1 Å². The average molecular weight is 168 g/mol. The molecule has 0 aromatic rings. The Morgan fingerprint density at radius 1 is 1.25 bits per heavy atom. The molecule has 0 radical (unpaired) electrons. The van der Waals surface area contributed by atoms with E-state index < -0.39 is 0 Å². The van der Waals surface area contributed by atoms with Crippen LogP contribution in [0.5, 0.6) is 0 Å². The van der Waals surface area contributed by atoms with Gasteiger partial charge in [-0.2, -0.15) is 0 Å². The van der Waals surface area contributed by atoms with Gasteiger partial charge in [-0.15, -0.1) is 0 Å². The van der Waals surface area contributed by atoms with Crippen molar-refractivity contribution in [2.45, 2.75) is 33.6 Å². The number of piperidine rings is 1. The molecular formula is C10H20N2. The van der Waals surface area contributed by atoms with E-state index in [1.807, 2.05) is 13.8 Å². The molecule has 0 atom stereocenters. The normalized spacial score (nSPS) is 17.1. The quantitative estimate of drug-likeness (QED) is 0.440. The van der Waals surface area contributed by atoms with Crippen molar-refractivity contribution in [3.8, 4) is 12.1 Å². The number of hydrogen-bond donors (Lipinski definition) is 1. The van der Waals surface area contributed by atoms with E-state index in [0.29, 0.717) is 0 Å². The fraction of sp³-hybridized carbons (Fsp3) is 0.800. The Hall–Kier alpha value is -0.840. The second kappa shape index (κ2) is 6.84. The van der Waals surface area contributed by atoms with E-state index in [4.69, 9.17) is 5.73 Å². The van der Waals surface area contributed by atoms with Crippen LogP contribution < -0.4 is 5.73 Å². The van der Waals surface area contributed by atoms with Crippen LogP contribution in [0.4, 0.5) is 0 Å². The van der Waals surface area contributed by atoms with Gasteiger partial charge in [-0.25, -0.2) is 0 Å². The predicted octanol–water partition coefficient (Wildman–Crippen LogP) is 1.62. The molecule has 0 aromatic carbocycles. The molecule has 2 N–H and O–H groups in total. The molecule has 1 fully saturated rings. The first-order valence-electron chi connectivity index (χ1n) is 4.79. The van der Waals surface area contributed by atoms with E-state index in [9.17, 15) is 0 Å². The lowest BCUT2D eigenvalue weighted by Crippen LogP contribution is -2.28. The number of hydrogen-bond acceptors (Lipinski definition) is 2. The zero-order valence-corrected chi connectivity index (χ0v) is 8.43. The van der Waals surface area contributed by atoms with Crippen LogP contribution in [0.1, 0.15) is 33.6 Å². The van der Waals surface area contributed by atoms with Gasteiger partial charge in [0, 0.05) is 25.2 Å². The largest absolute Gasteiger partial charge is 0.358 e. The Morgan fingerprint density at radius 2 is 1.75 bits per heavy atom. The lowest BCUT2D eigenvalue weighted by atomic mass is 10.00. The topological polar surface area (TPSA) is 29.3 Å². The summed E-state index contributed by atoms with van der Waals surface area (Å²) in [6, 6.07) is 5.29. The van der Waals surface area contributed by atoms with Crippen LogP contribution in [0.3, 0.4) is 0 Å². The highest BCUT2D eigenvalue weighted by Gasteiger charge is 2.12. The highest BCUT2D eigenvalue weighted by Crippen LogP contribution is 2.14. The van der Waals surface area contributed by atoms with Gasteiger partial charge in [0.05, 0.1) is 0 Å². The summed E-state index contributed by atoms with van der Waals surface area (Å²) in [6.45, 7) is 8.46. The summed E-state index contributed by atoms with van der Waals surface area (Å²) in [5.74, 6) is 0.871. The molecule has 70 valence electrons. The molecule has 1 aliphatic heterocycles. The maximum Gasteiger partial charge on any atom is 0.0302 e. The van der Waals surface area contributed by atoms with E-state index >= 15 is 0 Å². The van der Waals surface area contributed by atoms with Crippen molar-refractivity contribution in [1.82, 2.24) is 4.90 Å². The zero-order valence-electron chi connectivity index (χ0n) is 8.43. The maximum atomic E-state index is 5.09. The van der Waals surface area contributed by atoms with Crippen LogP contribution in [0, 0.1) is 18.0 Å². The van der Waals surface area contributed by atoms with Gasteiger partial charge in [0.15, 0.2) is 0 Å². The number of nitrogens with zero attached hydrogens (tertiary/aromatic N) is 1. The van der Waals surface area contributed by atoms with Crippen molar-refractivity contribution in [3.63, 3.8) is 0 Å². The molecule has 1 aliphatic rings. The fourth-order valence-corrected chi connectivity index (χ4v) is 1.21. The third-order valence-electron chi connectivity index (χ3n) is 2.01. The Kier molecular flexibility index (Phi) is 6.37. The molecule has 0 aliphatic carbocycles. The van der Waals surface area contributed by atoms with Gasteiger partial charge in [-0.05, 0) is 18.8 Å². The first-order chi connectivity index (χ1) is 5.83. The monoisotopic (exact) mass is 168 g/mol. The number of nitrogens with two attached hydrogens (primary N) is 1. The van der Waals surface area contributed by atoms with Gasteiger partial charge in [-0.3, -0.25) is 0 Å². The third-order valence-corrected chi connectivity index (χ3v) is 2.01. The molecule has 0 saturated carbocycles. The molecule has 12 heavy (non-hydrogen) atoms. The predicted molar refractivity (Wildman–Crippen MR) is 53.3 cm³/mol. The lowest BCUT2D eigenvalue weighted by Gasteiger charge is -2.26. The molecule has 2 nitrogen and oxygen atoms in total. The number of likely N-dealkylation sites (tertiary alicyclic amines) is 1. The fourth-order valence-electron chi connectivity index (χ4n) is 1.21. The minimum Gasteiger partial charge on any atom is -0.358 e. The zero-order chi connectivity index (χ0) is 9.40. The highest BCUT2D eigenvalue weighted by molar-refractivity contribution is 4.94. The maximum absolute atomic E-state index is 5.09. The van der Waals surface area contributed by atoms with Crippen molar-refractivity contribution in [1.29, 1.82) is 0 Å². The van der Waals surface area contributed by atoms with E-state index in [1.54, 1.807) is 0 Å². The van der Waals surface area contributed by atoms with E-state index in [1.165, 1.54) is 12.8 Å². The van der Waals surface area contributed by atoms with Gasteiger partial charge in [0.1, 0.15) is 0 Å². The van der Waals surface area contributed by atoms with Crippen molar-refractivity contribution in [3.05, 3.63) is 0 Å². The van der Waals surface area contributed by atoms with E-state index in [0.717, 1.165) is 19.0 Å². The van der Waals surface area contributed by atoms with Crippen LogP contribution in [-0.4, -0.2) is 18.0 Å². The Labute approximate surface area is 76.1 Å². The first kappa shape index (κ1) is 11.2. The van der Waals surface area contributed by atoms with Gasteiger partial charge in [0.25, 0.3) is 0 Å². The van der Waals surface area contributed by atoms with Crippen LogP contribution in [0.15, 0.2) is 0 Å². The second-order valence-corrected chi connectivity index (χ2v) is 2.93. The van der Waals surface area contributed by atoms with Crippen molar-refractivity contribution >= 4 is 0 Å². The van der Waals surface area contributed by atoms with Crippen molar-refractivity contribution in [2.24, 2.45) is 11.7 Å². The van der Waals surface area contributed by atoms with Crippen LogP contribution in [-0.2, 0) is 0 Å². The average Bonchev–Trinajstić information content (AvgIpc) is 2.13. The molecule has 1 heterocycles. The molecule has 2 heteroatoms. The lowest BCUT2D eigenvalue weighted by molar-refractivity contribution is 0.268. The highest BCUT2D eigenvalue weighted by atomic mass is 15.1. The standard InChI is InChI=1S/C8H14N2.C2H6/c1-8-2-5-10(6-3-8)7-4-9;1-2/h8H,2-3,5-6,9H2,1H3;1-2H3. The van der Waals surface area contributed by atoms with E-state index in [2.05, 4.69) is 23.9 Å². The Bertz CT molecular complexity index is 147. The van der Waals surface area contributed by atoms with Gasteiger partial charge >= 0.3 is 0 Å². The minimum absolute atomic E-state index is 0.871. The van der Waals surface area contributed by atoms with Crippen molar-refractivity contribution < 1.29 is 0 Å². The minimum atomic E-state index is 0.871. The molecule has 0 spiro atoms. The molecule has 0 amide bonds. The molecule has 0 aromatic heterocycles. The second-order valence-electron chi connectivity index (χ2n) is 2.93.